The number of carbonyl (C=O) groups excluding carboxylic acids is 1. The van der Waals surface area contributed by atoms with Crippen molar-refractivity contribution in [2.24, 2.45) is 0 Å². The summed E-state index contributed by atoms with van der Waals surface area (Å²) in [5.41, 5.74) is 1.20. The van der Waals surface area contributed by atoms with Crippen LogP contribution in [0.25, 0.3) is 0 Å². The molecule has 0 aromatic heterocycles. The Morgan fingerprint density at radius 3 is 2.50 bits per heavy atom. The number of nitrogens with one attached hydrogen (secondary N) is 1. The number of rotatable bonds is 9. The van der Waals surface area contributed by atoms with Crippen LogP contribution in [0.4, 0.5) is 0 Å². The quantitative estimate of drug-likeness (QED) is 0.427. The maximum Gasteiger partial charge on any atom is 0.382 e. The Morgan fingerprint density at radius 2 is 1.88 bits per heavy atom. The SMILES string of the molecule is CCc1ccc(OP(NCC(=O)OC(C)C)Oc2ccccc2)c(Br)c1. The van der Waals surface area contributed by atoms with E-state index in [1.807, 2.05) is 62.4 Å². The van der Waals surface area contributed by atoms with E-state index in [-0.39, 0.29) is 18.6 Å². The van der Waals surface area contributed by atoms with Gasteiger partial charge in [-0.15, -0.1) is 0 Å². The van der Waals surface area contributed by atoms with Gasteiger partial charge in [-0.3, -0.25) is 4.79 Å². The number of hydrogen-bond donors (Lipinski definition) is 1. The van der Waals surface area contributed by atoms with Crippen molar-refractivity contribution in [1.29, 1.82) is 0 Å². The first-order valence-electron chi connectivity index (χ1n) is 8.40. The lowest BCUT2D eigenvalue weighted by Gasteiger charge is -2.20. The summed E-state index contributed by atoms with van der Waals surface area (Å²) < 4.78 is 17.9. The molecule has 0 aliphatic rings. The van der Waals surface area contributed by atoms with Gasteiger partial charge in [-0.25, -0.2) is 5.09 Å². The van der Waals surface area contributed by atoms with Crippen LogP contribution in [0, 0.1) is 0 Å². The number of aryl methyl sites for hydroxylation is 1. The molecule has 0 radical (unpaired) electrons. The van der Waals surface area contributed by atoms with E-state index in [1.165, 1.54) is 5.56 Å². The van der Waals surface area contributed by atoms with Gasteiger partial charge in [-0.2, -0.15) is 0 Å². The van der Waals surface area contributed by atoms with Crippen LogP contribution >= 0.6 is 24.5 Å². The van der Waals surface area contributed by atoms with Crippen LogP contribution in [0.5, 0.6) is 11.5 Å². The maximum absolute atomic E-state index is 11.8. The Hall–Kier alpha value is -1.62. The minimum absolute atomic E-state index is 0.00137. The number of carbonyl (C=O) groups is 1. The fraction of sp³-hybridized carbons (Fsp3) is 0.316. The van der Waals surface area contributed by atoms with Gasteiger partial charge in [-0.05, 0) is 66.0 Å². The number of hydrogen-bond acceptors (Lipinski definition) is 5. The standard InChI is InChI=1S/C19H23BrNO4P/c1-4-15-10-11-18(17(20)12-15)25-26(21-13-19(22)23-14(2)3)24-16-8-6-5-7-9-16/h5-12,14,21H,4,13H2,1-3H3. The number of para-hydroxylation sites is 1. The molecule has 0 heterocycles. The zero-order valence-electron chi connectivity index (χ0n) is 15.1. The molecule has 0 spiro atoms. The Bertz CT molecular complexity index is 712. The first-order valence-corrected chi connectivity index (χ1v) is 10.4. The van der Waals surface area contributed by atoms with Crippen LogP contribution < -0.4 is 14.1 Å². The fourth-order valence-electron chi connectivity index (χ4n) is 2.02. The summed E-state index contributed by atoms with van der Waals surface area (Å²) >= 11 is 3.53. The van der Waals surface area contributed by atoms with Crippen LogP contribution in [0.3, 0.4) is 0 Å². The molecule has 0 aliphatic carbocycles. The summed E-state index contributed by atoms with van der Waals surface area (Å²) in [7, 11) is -1.58. The molecule has 0 saturated heterocycles. The van der Waals surface area contributed by atoms with Crippen LogP contribution in [0.1, 0.15) is 26.3 Å². The second-order valence-corrected chi connectivity index (χ2v) is 7.79. The third-order valence-electron chi connectivity index (χ3n) is 3.24. The average Bonchev–Trinajstić information content (AvgIpc) is 2.61. The number of benzene rings is 2. The lowest BCUT2D eigenvalue weighted by molar-refractivity contribution is -0.145. The van der Waals surface area contributed by atoms with Gasteiger partial charge in [0.05, 0.1) is 10.6 Å². The predicted molar refractivity (Wildman–Crippen MR) is 107 cm³/mol. The summed E-state index contributed by atoms with van der Waals surface area (Å²) in [6.07, 6.45) is 0.773. The van der Waals surface area contributed by atoms with E-state index in [9.17, 15) is 4.79 Å². The second kappa shape index (κ2) is 10.5. The molecule has 26 heavy (non-hydrogen) atoms. The lowest BCUT2D eigenvalue weighted by atomic mass is 10.2. The van der Waals surface area contributed by atoms with E-state index in [0.717, 1.165) is 10.9 Å². The molecule has 2 rings (SSSR count). The smallest absolute Gasteiger partial charge is 0.382 e. The van der Waals surface area contributed by atoms with Crippen LogP contribution in [0.2, 0.25) is 0 Å². The van der Waals surface area contributed by atoms with Gasteiger partial charge >= 0.3 is 14.5 Å². The van der Waals surface area contributed by atoms with Crippen LogP contribution in [-0.2, 0) is 16.0 Å². The van der Waals surface area contributed by atoms with Gasteiger partial charge in [0.1, 0.15) is 18.0 Å². The molecule has 7 heteroatoms. The second-order valence-electron chi connectivity index (χ2n) is 5.74. The summed E-state index contributed by atoms with van der Waals surface area (Å²) in [4.78, 5) is 11.8. The number of halogens is 1. The van der Waals surface area contributed by atoms with Crippen molar-refractivity contribution >= 4 is 30.4 Å². The van der Waals surface area contributed by atoms with Crippen LogP contribution in [0.15, 0.2) is 53.0 Å². The molecule has 1 atom stereocenters. The van der Waals surface area contributed by atoms with Crippen molar-refractivity contribution in [1.82, 2.24) is 5.09 Å². The molecule has 0 bridgehead atoms. The molecular formula is C19H23BrNO4P. The van der Waals surface area contributed by atoms with Crippen molar-refractivity contribution in [3.05, 3.63) is 58.6 Å². The fourth-order valence-corrected chi connectivity index (χ4v) is 3.73. The number of ether oxygens (including phenoxy) is 1. The third kappa shape index (κ3) is 6.94. The van der Waals surface area contributed by atoms with E-state index in [1.54, 1.807) is 0 Å². The van der Waals surface area contributed by atoms with E-state index in [4.69, 9.17) is 13.8 Å². The molecule has 0 aliphatic heterocycles. The highest BCUT2D eigenvalue weighted by atomic mass is 79.9. The molecule has 1 N–H and O–H groups in total. The van der Waals surface area contributed by atoms with Crippen molar-refractivity contribution in [2.45, 2.75) is 33.3 Å². The van der Waals surface area contributed by atoms with Crippen molar-refractivity contribution < 1.29 is 18.6 Å². The zero-order chi connectivity index (χ0) is 18.9. The first kappa shape index (κ1) is 20.7. The van der Waals surface area contributed by atoms with E-state index in [0.29, 0.717) is 11.5 Å². The minimum atomic E-state index is -1.58. The van der Waals surface area contributed by atoms with Gasteiger partial charge in [0.15, 0.2) is 0 Å². The van der Waals surface area contributed by atoms with Crippen molar-refractivity contribution in [3.8, 4) is 11.5 Å². The molecule has 2 aromatic rings. The van der Waals surface area contributed by atoms with Gasteiger partial charge in [0, 0.05) is 0 Å². The van der Waals surface area contributed by atoms with Gasteiger partial charge in [-0.1, -0.05) is 31.2 Å². The summed E-state index contributed by atoms with van der Waals surface area (Å²) in [5, 5.41) is 3.00. The Morgan fingerprint density at radius 1 is 1.15 bits per heavy atom. The molecule has 0 saturated carbocycles. The molecule has 2 aromatic carbocycles. The third-order valence-corrected chi connectivity index (χ3v) is 5.01. The highest BCUT2D eigenvalue weighted by molar-refractivity contribution is 9.10. The lowest BCUT2D eigenvalue weighted by Crippen LogP contribution is -2.26. The number of esters is 1. The maximum atomic E-state index is 11.8. The highest BCUT2D eigenvalue weighted by Crippen LogP contribution is 2.40. The minimum Gasteiger partial charge on any atom is -0.462 e. The Kier molecular flexibility index (Phi) is 8.36. The summed E-state index contributed by atoms with van der Waals surface area (Å²) in [6, 6.07) is 15.2. The molecule has 140 valence electrons. The Balaban J connectivity index is 2.08. The highest BCUT2D eigenvalue weighted by Gasteiger charge is 2.19. The van der Waals surface area contributed by atoms with E-state index in [2.05, 4.69) is 27.9 Å². The normalized spacial score (nSPS) is 11.9. The van der Waals surface area contributed by atoms with Crippen molar-refractivity contribution in [2.75, 3.05) is 6.54 Å². The van der Waals surface area contributed by atoms with Gasteiger partial charge < -0.3 is 13.8 Å². The molecule has 5 nitrogen and oxygen atoms in total. The molecule has 1 unspecified atom stereocenters. The van der Waals surface area contributed by atoms with Crippen molar-refractivity contribution in [3.63, 3.8) is 0 Å². The largest absolute Gasteiger partial charge is 0.462 e. The topological polar surface area (TPSA) is 56.8 Å². The van der Waals surface area contributed by atoms with Gasteiger partial charge in [0.25, 0.3) is 0 Å². The summed E-state index contributed by atoms with van der Waals surface area (Å²) in [5.74, 6) is 0.951. The van der Waals surface area contributed by atoms with E-state index < -0.39 is 8.53 Å². The van der Waals surface area contributed by atoms with E-state index >= 15 is 0 Å². The molecular weight excluding hydrogens is 417 g/mol. The first-order chi connectivity index (χ1) is 12.5. The molecule has 0 amide bonds. The summed E-state index contributed by atoms with van der Waals surface area (Å²) in [6.45, 7) is 5.71. The molecule has 0 fully saturated rings. The monoisotopic (exact) mass is 439 g/mol. The van der Waals surface area contributed by atoms with Gasteiger partial charge in [0.2, 0.25) is 0 Å². The Labute approximate surface area is 164 Å². The zero-order valence-corrected chi connectivity index (χ0v) is 17.5. The van der Waals surface area contributed by atoms with Crippen LogP contribution in [-0.4, -0.2) is 18.6 Å². The average molecular weight is 440 g/mol. The predicted octanol–water partition coefficient (Wildman–Crippen LogP) is 5.24.